The summed E-state index contributed by atoms with van der Waals surface area (Å²) in [5.74, 6) is -0.300. The number of hydrogen-bond acceptors (Lipinski definition) is 5. The second-order valence-electron chi connectivity index (χ2n) is 4.96. The number of thiazole rings is 1. The third-order valence-electron chi connectivity index (χ3n) is 3.28. The van der Waals surface area contributed by atoms with Gasteiger partial charge in [-0.3, -0.25) is 0 Å². The molecule has 1 aromatic heterocycles. The van der Waals surface area contributed by atoms with E-state index in [2.05, 4.69) is 4.98 Å². The van der Waals surface area contributed by atoms with Gasteiger partial charge in [-0.05, 0) is 30.3 Å². The van der Waals surface area contributed by atoms with Crippen LogP contribution in [-0.2, 0) is 11.3 Å². The lowest BCUT2D eigenvalue weighted by atomic mass is 10.2. The highest BCUT2D eigenvalue weighted by Crippen LogP contribution is 2.27. The van der Waals surface area contributed by atoms with E-state index in [9.17, 15) is 9.18 Å². The van der Waals surface area contributed by atoms with E-state index < -0.39 is 11.8 Å². The van der Waals surface area contributed by atoms with Gasteiger partial charge in [0.25, 0.3) is 0 Å². The summed E-state index contributed by atoms with van der Waals surface area (Å²) in [6.45, 7) is 0.0375. The van der Waals surface area contributed by atoms with Crippen LogP contribution in [0.2, 0.25) is 0 Å². The molecule has 3 aromatic rings. The molecule has 0 unspecified atom stereocenters. The van der Waals surface area contributed by atoms with Crippen LogP contribution in [0.1, 0.15) is 16.1 Å². The maximum Gasteiger partial charge on any atom is 0.338 e. The Morgan fingerprint density at radius 3 is 2.83 bits per heavy atom. The van der Waals surface area contributed by atoms with Gasteiger partial charge in [0.05, 0.1) is 18.4 Å². The van der Waals surface area contributed by atoms with Gasteiger partial charge in [-0.15, -0.1) is 11.3 Å². The molecule has 0 saturated heterocycles. The Hall–Kier alpha value is -2.73. The van der Waals surface area contributed by atoms with Crippen molar-refractivity contribution in [2.75, 3.05) is 7.11 Å². The van der Waals surface area contributed by atoms with E-state index in [-0.39, 0.29) is 12.2 Å². The van der Waals surface area contributed by atoms with Crippen molar-refractivity contribution < 1.29 is 18.7 Å². The maximum absolute atomic E-state index is 13.1. The number of hydrogen-bond donors (Lipinski definition) is 0. The van der Waals surface area contributed by atoms with Gasteiger partial charge in [-0.25, -0.2) is 14.2 Å². The Kier molecular flexibility index (Phi) is 4.86. The van der Waals surface area contributed by atoms with Crippen LogP contribution in [0.5, 0.6) is 5.75 Å². The predicted molar refractivity (Wildman–Crippen MR) is 89.6 cm³/mol. The molecular weight excluding hydrogens is 329 g/mol. The van der Waals surface area contributed by atoms with Crippen molar-refractivity contribution in [1.82, 2.24) is 4.98 Å². The number of carbonyl (C=O) groups is 1. The molecule has 1 heterocycles. The fraction of sp³-hybridized carbons (Fsp3) is 0.111. The first-order valence-corrected chi connectivity index (χ1v) is 8.05. The molecule has 3 rings (SSSR count). The van der Waals surface area contributed by atoms with Gasteiger partial charge in [-0.1, -0.05) is 18.2 Å². The average Bonchev–Trinajstić information content (AvgIpc) is 3.09. The monoisotopic (exact) mass is 343 g/mol. The maximum atomic E-state index is 13.1. The highest BCUT2D eigenvalue weighted by molar-refractivity contribution is 7.13. The molecule has 0 amide bonds. The Morgan fingerprint density at radius 2 is 2.04 bits per heavy atom. The molecule has 0 aliphatic heterocycles. The molecule has 2 aromatic carbocycles. The number of esters is 1. The number of benzene rings is 2. The van der Waals surface area contributed by atoms with E-state index in [4.69, 9.17) is 9.47 Å². The molecule has 0 aliphatic rings. The summed E-state index contributed by atoms with van der Waals surface area (Å²) >= 11 is 1.45. The van der Waals surface area contributed by atoms with Crippen molar-refractivity contribution in [1.29, 1.82) is 0 Å². The van der Waals surface area contributed by atoms with E-state index >= 15 is 0 Å². The summed E-state index contributed by atoms with van der Waals surface area (Å²) in [5.41, 5.74) is 1.75. The molecule has 122 valence electrons. The first-order chi connectivity index (χ1) is 11.7. The summed E-state index contributed by atoms with van der Waals surface area (Å²) in [5, 5.41) is 2.64. The van der Waals surface area contributed by atoms with Crippen LogP contribution in [-0.4, -0.2) is 18.1 Å². The minimum Gasteiger partial charge on any atom is -0.497 e. The third kappa shape index (κ3) is 3.78. The fourth-order valence-corrected chi connectivity index (χ4v) is 2.90. The van der Waals surface area contributed by atoms with E-state index in [0.29, 0.717) is 5.69 Å². The molecule has 0 N–H and O–H groups in total. The van der Waals surface area contributed by atoms with Gasteiger partial charge >= 0.3 is 5.97 Å². The lowest BCUT2D eigenvalue weighted by molar-refractivity contribution is 0.0468. The van der Waals surface area contributed by atoms with E-state index in [1.807, 2.05) is 29.6 Å². The van der Waals surface area contributed by atoms with Gasteiger partial charge in [0.15, 0.2) is 0 Å². The van der Waals surface area contributed by atoms with Gasteiger partial charge < -0.3 is 9.47 Å². The lowest BCUT2D eigenvalue weighted by Crippen LogP contribution is -2.05. The second-order valence-corrected chi connectivity index (χ2v) is 5.82. The standard InChI is InChI=1S/C18H14FNO3S/c1-22-16-7-3-4-12(9-16)17-20-15(11-24-17)10-23-18(21)13-5-2-6-14(19)8-13/h2-9,11H,10H2,1H3. The van der Waals surface area contributed by atoms with Crippen LogP contribution in [0.25, 0.3) is 10.6 Å². The molecule has 0 fully saturated rings. The number of nitrogens with zero attached hydrogens (tertiary/aromatic N) is 1. The third-order valence-corrected chi connectivity index (χ3v) is 4.22. The zero-order valence-corrected chi connectivity index (χ0v) is 13.7. The van der Waals surface area contributed by atoms with Crippen LogP contribution in [0, 0.1) is 5.82 Å². The lowest BCUT2D eigenvalue weighted by Gasteiger charge is -2.03. The van der Waals surface area contributed by atoms with Crippen molar-refractivity contribution in [3.8, 4) is 16.3 Å². The van der Waals surface area contributed by atoms with Gasteiger partial charge in [-0.2, -0.15) is 0 Å². The smallest absolute Gasteiger partial charge is 0.338 e. The SMILES string of the molecule is COc1cccc(-c2nc(COC(=O)c3cccc(F)c3)cs2)c1. The Morgan fingerprint density at radius 1 is 1.21 bits per heavy atom. The van der Waals surface area contributed by atoms with E-state index in [1.165, 1.54) is 29.5 Å². The number of carbonyl (C=O) groups excluding carboxylic acids is 1. The fourth-order valence-electron chi connectivity index (χ4n) is 2.10. The Balaban J connectivity index is 1.67. The second kappa shape index (κ2) is 7.23. The molecule has 0 spiro atoms. The van der Waals surface area contributed by atoms with Crippen LogP contribution in [0.15, 0.2) is 53.9 Å². The number of rotatable bonds is 5. The average molecular weight is 343 g/mol. The van der Waals surface area contributed by atoms with Crippen LogP contribution < -0.4 is 4.74 Å². The van der Waals surface area contributed by atoms with Gasteiger partial charge in [0, 0.05) is 10.9 Å². The topological polar surface area (TPSA) is 48.4 Å². The largest absolute Gasteiger partial charge is 0.497 e. The Bertz CT molecular complexity index is 863. The summed E-state index contributed by atoms with van der Waals surface area (Å²) in [6.07, 6.45) is 0. The first kappa shape index (κ1) is 16.1. The molecule has 24 heavy (non-hydrogen) atoms. The Labute approximate surface area is 142 Å². The van der Waals surface area contributed by atoms with Crippen molar-refractivity contribution in [3.63, 3.8) is 0 Å². The minimum atomic E-state index is -0.578. The normalized spacial score (nSPS) is 10.4. The molecule has 0 aliphatic carbocycles. The molecule has 0 saturated carbocycles. The molecule has 0 bridgehead atoms. The highest BCUT2D eigenvalue weighted by atomic mass is 32.1. The predicted octanol–water partition coefficient (Wildman–Crippen LogP) is 4.31. The molecule has 0 atom stereocenters. The number of halogens is 1. The first-order valence-electron chi connectivity index (χ1n) is 7.17. The molecule has 6 heteroatoms. The summed E-state index contributed by atoms with van der Waals surface area (Å²) in [6, 6.07) is 13.0. The zero-order valence-electron chi connectivity index (χ0n) is 12.9. The highest BCUT2D eigenvalue weighted by Gasteiger charge is 2.11. The van der Waals surface area contributed by atoms with Crippen molar-refractivity contribution >= 4 is 17.3 Å². The zero-order chi connectivity index (χ0) is 16.9. The number of ether oxygens (including phenoxy) is 2. The van der Waals surface area contributed by atoms with Gasteiger partial charge in [0.1, 0.15) is 23.2 Å². The number of methoxy groups -OCH3 is 1. The minimum absolute atomic E-state index is 0.0375. The van der Waals surface area contributed by atoms with E-state index in [0.717, 1.165) is 22.4 Å². The van der Waals surface area contributed by atoms with Crippen LogP contribution >= 0.6 is 11.3 Å². The van der Waals surface area contributed by atoms with Crippen LogP contribution in [0.3, 0.4) is 0 Å². The van der Waals surface area contributed by atoms with Crippen molar-refractivity contribution in [3.05, 3.63) is 71.0 Å². The van der Waals surface area contributed by atoms with Gasteiger partial charge in [0.2, 0.25) is 0 Å². The summed E-state index contributed by atoms with van der Waals surface area (Å²) < 4.78 is 23.5. The quantitative estimate of drug-likeness (QED) is 0.648. The molecule has 0 radical (unpaired) electrons. The molecule has 4 nitrogen and oxygen atoms in total. The van der Waals surface area contributed by atoms with Crippen molar-refractivity contribution in [2.24, 2.45) is 0 Å². The van der Waals surface area contributed by atoms with Crippen LogP contribution in [0.4, 0.5) is 4.39 Å². The van der Waals surface area contributed by atoms with Crippen molar-refractivity contribution in [2.45, 2.75) is 6.61 Å². The summed E-state index contributed by atoms with van der Waals surface area (Å²) in [7, 11) is 1.61. The molecular formula is C18H14FNO3S. The summed E-state index contributed by atoms with van der Waals surface area (Å²) in [4.78, 5) is 16.4. The number of aromatic nitrogens is 1. The van der Waals surface area contributed by atoms with E-state index in [1.54, 1.807) is 7.11 Å².